The first-order valence-electron chi connectivity index (χ1n) is 6.57. The first kappa shape index (κ1) is 15.6. The summed E-state index contributed by atoms with van der Waals surface area (Å²) >= 11 is 0. The first-order chi connectivity index (χ1) is 8.46. The van der Waals surface area contributed by atoms with E-state index in [1.165, 1.54) is 6.42 Å². The van der Waals surface area contributed by atoms with Gasteiger partial charge in [0.2, 0.25) is 0 Å². The summed E-state index contributed by atoms with van der Waals surface area (Å²) in [6, 6.07) is 3.50. The summed E-state index contributed by atoms with van der Waals surface area (Å²) in [4.78, 5) is 15.9. The van der Waals surface area contributed by atoms with E-state index < -0.39 is 0 Å². The molecule has 1 aliphatic carbocycles. The van der Waals surface area contributed by atoms with Gasteiger partial charge in [-0.05, 0) is 42.7 Å². The van der Waals surface area contributed by atoms with Crippen molar-refractivity contribution in [3.63, 3.8) is 0 Å². The van der Waals surface area contributed by atoms with E-state index in [1.807, 2.05) is 0 Å². The number of hydrogen-bond acceptors (Lipinski definition) is 4. The van der Waals surface area contributed by atoms with Crippen LogP contribution in [0.2, 0.25) is 0 Å². The molecule has 0 saturated heterocycles. The van der Waals surface area contributed by atoms with Crippen LogP contribution in [0.1, 0.15) is 50.4 Å². The molecule has 0 aliphatic heterocycles. The third kappa shape index (κ3) is 4.31. The lowest BCUT2D eigenvalue weighted by atomic mass is 9.71. The van der Waals surface area contributed by atoms with E-state index in [2.05, 4.69) is 25.8 Å². The van der Waals surface area contributed by atoms with Crippen LogP contribution in [-0.4, -0.2) is 17.1 Å². The van der Waals surface area contributed by atoms with Crippen LogP contribution in [0.25, 0.3) is 0 Å². The molecule has 4 heteroatoms. The highest BCUT2D eigenvalue weighted by Gasteiger charge is 2.34. The Hall–Kier alpha value is -1.42. The number of ether oxygens (including phenoxy) is 1. The molecule has 0 spiro atoms. The SMILES string of the molecule is C[C@@H]1C[C@@H](OC(=O)c2cccnc2)CC(C)(C)C1.N. The fourth-order valence-corrected chi connectivity index (χ4v) is 3.05. The zero-order valence-corrected chi connectivity index (χ0v) is 12.1. The van der Waals surface area contributed by atoms with Gasteiger partial charge in [-0.2, -0.15) is 0 Å². The maximum atomic E-state index is 12.0. The van der Waals surface area contributed by atoms with Crippen LogP contribution in [0.4, 0.5) is 0 Å². The fourth-order valence-electron chi connectivity index (χ4n) is 3.05. The van der Waals surface area contributed by atoms with Gasteiger partial charge in [-0.15, -0.1) is 0 Å². The summed E-state index contributed by atoms with van der Waals surface area (Å²) in [5.74, 6) is 0.360. The Morgan fingerprint density at radius 2 is 2.16 bits per heavy atom. The normalized spacial score (nSPS) is 25.2. The van der Waals surface area contributed by atoms with E-state index >= 15 is 0 Å². The lowest BCUT2D eigenvalue weighted by Crippen LogP contribution is -2.34. The highest BCUT2D eigenvalue weighted by atomic mass is 16.5. The van der Waals surface area contributed by atoms with Crippen molar-refractivity contribution in [1.82, 2.24) is 11.1 Å². The predicted molar refractivity (Wildman–Crippen MR) is 75.3 cm³/mol. The molecule has 0 unspecified atom stereocenters. The molecule has 3 N–H and O–H groups in total. The number of hydrogen-bond donors (Lipinski definition) is 1. The van der Waals surface area contributed by atoms with Crippen LogP contribution in [0.3, 0.4) is 0 Å². The topological polar surface area (TPSA) is 74.2 Å². The molecule has 106 valence electrons. The molecule has 4 nitrogen and oxygen atoms in total. The van der Waals surface area contributed by atoms with Crippen molar-refractivity contribution >= 4 is 5.97 Å². The highest BCUT2D eigenvalue weighted by molar-refractivity contribution is 5.89. The molecule has 1 aromatic rings. The van der Waals surface area contributed by atoms with Gasteiger partial charge >= 0.3 is 5.97 Å². The van der Waals surface area contributed by atoms with E-state index in [0.717, 1.165) is 12.8 Å². The van der Waals surface area contributed by atoms with Crippen LogP contribution < -0.4 is 6.15 Å². The average Bonchev–Trinajstić information content (AvgIpc) is 2.27. The second-order valence-electron chi connectivity index (χ2n) is 6.18. The molecule has 1 aromatic heterocycles. The minimum Gasteiger partial charge on any atom is -0.459 e. The van der Waals surface area contributed by atoms with Gasteiger partial charge in [0.15, 0.2) is 0 Å². The Labute approximate surface area is 115 Å². The van der Waals surface area contributed by atoms with Crippen molar-refractivity contribution < 1.29 is 9.53 Å². The molecule has 0 amide bonds. The molecule has 2 rings (SSSR count). The average molecular weight is 264 g/mol. The van der Waals surface area contributed by atoms with Crippen LogP contribution in [0.5, 0.6) is 0 Å². The second kappa shape index (κ2) is 6.15. The van der Waals surface area contributed by atoms with E-state index in [1.54, 1.807) is 24.5 Å². The summed E-state index contributed by atoms with van der Waals surface area (Å²) < 4.78 is 5.60. The number of rotatable bonds is 2. The molecular formula is C15H24N2O2. The molecule has 2 atom stereocenters. The summed E-state index contributed by atoms with van der Waals surface area (Å²) in [7, 11) is 0. The van der Waals surface area contributed by atoms with E-state index in [9.17, 15) is 4.79 Å². The largest absolute Gasteiger partial charge is 0.459 e. The molecule has 19 heavy (non-hydrogen) atoms. The highest BCUT2D eigenvalue weighted by Crippen LogP contribution is 2.39. The molecule has 1 heterocycles. The Balaban J connectivity index is 0.00000180. The molecule has 0 aromatic carbocycles. The second-order valence-corrected chi connectivity index (χ2v) is 6.18. The van der Waals surface area contributed by atoms with Gasteiger partial charge in [0, 0.05) is 12.4 Å². The standard InChI is InChI=1S/C15H21NO2.H3N/c1-11-7-13(9-15(2,3)8-11)18-14(17)12-5-4-6-16-10-12;/h4-6,10-11,13H,7-9H2,1-3H3;1H3/t11-,13-;/m1./s1. The Morgan fingerprint density at radius 1 is 1.42 bits per heavy atom. The monoisotopic (exact) mass is 264 g/mol. The van der Waals surface area contributed by atoms with Gasteiger partial charge in [0.25, 0.3) is 0 Å². The van der Waals surface area contributed by atoms with Crippen LogP contribution in [0.15, 0.2) is 24.5 Å². The number of carbonyl (C=O) groups is 1. The van der Waals surface area contributed by atoms with Crippen LogP contribution in [0, 0.1) is 11.3 Å². The summed E-state index contributed by atoms with van der Waals surface area (Å²) in [5, 5.41) is 0. The van der Waals surface area contributed by atoms with Crippen molar-refractivity contribution in [2.75, 3.05) is 0 Å². The molecule has 0 bridgehead atoms. The number of pyridine rings is 1. The van der Waals surface area contributed by atoms with Gasteiger partial charge in [0.05, 0.1) is 5.56 Å². The maximum absolute atomic E-state index is 12.0. The smallest absolute Gasteiger partial charge is 0.339 e. The van der Waals surface area contributed by atoms with E-state index in [0.29, 0.717) is 11.5 Å². The molecular weight excluding hydrogens is 240 g/mol. The molecule has 1 saturated carbocycles. The molecule has 0 radical (unpaired) electrons. The molecule has 1 fully saturated rings. The number of nitrogens with zero attached hydrogens (tertiary/aromatic N) is 1. The summed E-state index contributed by atoms with van der Waals surface area (Å²) in [6.45, 7) is 6.72. The fraction of sp³-hybridized carbons (Fsp3) is 0.600. The van der Waals surface area contributed by atoms with Gasteiger partial charge in [-0.25, -0.2) is 4.79 Å². The van der Waals surface area contributed by atoms with Gasteiger partial charge in [-0.1, -0.05) is 20.8 Å². The van der Waals surface area contributed by atoms with Crippen molar-refractivity contribution in [3.8, 4) is 0 Å². The van der Waals surface area contributed by atoms with Crippen molar-refractivity contribution in [3.05, 3.63) is 30.1 Å². The third-order valence-electron chi connectivity index (χ3n) is 3.52. The lowest BCUT2D eigenvalue weighted by Gasteiger charge is -2.38. The van der Waals surface area contributed by atoms with E-state index in [4.69, 9.17) is 4.74 Å². The first-order valence-corrected chi connectivity index (χ1v) is 6.57. The maximum Gasteiger partial charge on any atom is 0.339 e. The summed E-state index contributed by atoms with van der Waals surface area (Å²) in [6.07, 6.45) is 6.37. The van der Waals surface area contributed by atoms with Crippen LogP contribution >= 0.6 is 0 Å². The van der Waals surface area contributed by atoms with Crippen LogP contribution in [-0.2, 0) is 4.74 Å². The van der Waals surface area contributed by atoms with Gasteiger partial charge in [-0.3, -0.25) is 4.98 Å². The Bertz CT molecular complexity index is 417. The van der Waals surface area contributed by atoms with Gasteiger partial charge in [0.1, 0.15) is 6.10 Å². The zero-order valence-electron chi connectivity index (χ0n) is 12.1. The number of carbonyl (C=O) groups excluding carboxylic acids is 1. The quantitative estimate of drug-likeness (QED) is 0.828. The van der Waals surface area contributed by atoms with Crippen molar-refractivity contribution in [1.29, 1.82) is 0 Å². The van der Waals surface area contributed by atoms with E-state index in [-0.39, 0.29) is 23.6 Å². The third-order valence-corrected chi connectivity index (χ3v) is 3.52. The van der Waals surface area contributed by atoms with Gasteiger partial charge < -0.3 is 10.9 Å². The van der Waals surface area contributed by atoms with Crippen molar-refractivity contribution in [2.45, 2.75) is 46.1 Å². The minimum atomic E-state index is -0.252. The number of esters is 1. The Morgan fingerprint density at radius 3 is 2.74 bits per heavy atom. The lowest BCUT2D eigenvalue weighted by molar-refractivity contribution is -0.00717. The zero-order chi connectivity index (χ0) is 13.2. The van der Waals surface area contributed by atoms with Crippen molar-refractivity contribution in [2.24, 2.45) is 11.3 Å². The molecule has 1 aliphatic rings. The summed E-state index contributed by atoms with van der Waals surface area (Å²) in [5.41, 5.74) is 0.797. The Kier molecular flexibility index (Phi) is 5.06. The predicted octanol–water partition coefficient (Wildman–Crippen LogP) is 3.62. The minimum absolute atomic E-state index is 0. The number of aromatic nitrogens is 1.